The van der Waals surface area contributed by atoms with E-state index in [1.807, 2.05) is 0 Å². The molecule has 2 heterocycles. The summed E-state index contributed by atoms with van der Waals surface area (Å²) in [6.45, 7) is 13.3. The summed E-state index contributed by atoms with van der Waals surface area (Å²) in [6.07, 6.45) is 2.18. The van der Waals surface area contributed by atoms with E-state index >= 15 is 0 Å². The maximum absolute atomic E-state index is 4.72. The second-order valence-electron chi connectivity index (χ2n) is 6.77. The second-order valence-corrected chi connectivity index (χ2v) is 6.77. The number of pyridine rings is 1. The van der Waals surface area contributed by atoms with Gasteiger partial charge in [0.1, 0.15) is 5.65 Å². The van der Waals surface area contributed by atoms with Gasteiger partial charge in [0.25, 0.3) is 0 Å². The van der Waals surface area contributed by atoms with Crippen molar-refractivity contribution >= 4 is 5.65 Å². The van der Waals surface area contributed by atoms with E-state index in [1.54, 1.807) is 0 Å². The fraction of sp³-hybridized carbons (Fsp3) is 0.533. The van der Waals surface area contributed by atoms with Gasteiger partial charge in [-0.25, -0.2) is 4.98 Å². The fourth-order valence-electron chi connectivity index (χ4n) is 1.98. The average molecular weight is 230 g/mol. The molecule has 0 spiro atoms. The van der Waals surface area contributed by atoms with Crippen LogP contribution in [0.2, 0.25) is 0 Å². The number of rotatable bonds is 0. The Hall–Kier alpha value is -1.31. The lowest BCUT2D eigenvalue weighted by Crippen LogP contribution is -2.15. The van der Waals surface area contributed by atoms with E-state index in [-0.39, 0.29) is 10.8 Å². The van der Waals surface area contributed by atoms with Gasteiger partial charge in [0.05, 0.1) is 5.69 Å². The van der Waals surface area contributed by atoms with Crippen molar-refractivity contribution in [1.29, 1.82) is 0 Å². The van der Waals surface area contributed by atoms with Gasteiger partial charge >= 0.3 is 0 Å². The molecule has 2 aromatic heterocycles. The molecule has 0 bridgehead atoms. The molecule has 92 valence electrons. The summed E-state index contributed by atoms with van der Waals surface area (Å²) in [7, 11) is 0. The van der Waals surface area contributed by atoms with E-state index in [4.69, 9.17) is 4.98 Å². The summed E-state index contributed by atoms with van der Waals surface area (Å²) in [4.78, 5) is 4.72. The molecule has 2 aromatic rings. The highest BCUT2D eigenvalue weighted by atomic mass is 15.0. The molecule has 2 nitrogen and oxygen atoms in total. The van der Waals surface area contributed by atoms with Gasteiger partial charge < -0.3 is 4.40 Å². The first-order valence-corrected chi connectivity index (χ1v) is 6.19. The predicted octanol–water partition coefficient (Wildman–Crippen LogP) is 3.93. The molecule has 0 N–H and O–H groups in total. The Labute approximate surface area is 104 Å². The van der Waals surface area contributed by atoms with Crippen molar-refractivity contribution in [2.45, 2.75) is 52.4 Å². The summed E-state index contributed by atoms with van der Waals surface area (Å²) in [5.74, 6) is 0. The maximum atomic E-state index is 4.72. The van der Waals surface area contributed by atoms with Crippen LogP contribution in [-0.2, 0) is 10.8 Å². The molecule has 0 radical (unpaired) electrons. The predicted molar refractivity (Wildman–Crippen MR) is 72.6 cm³/mol. The summed E-state index contributed by atoms with van der Waals surface area (Å²) in [5.41, 5.74) is 3.73. The van der Waals surface area contributed by atoms with Crippen molar-refractivity contribution in [2.75, 3.05) is 0 Å². The van der Waals surface area contributed by atoms with Crippen molar-refractivity contribution in [3.63, 3.8) is 0 Å². The topological polar surface area (TPSA) is 17.3 Å². The lowest BCUT2D eigenvalue weighted by atomic mass is 9.91. The molecule has 2 heteroatoms. The first-order valence-electron chi connectivity index (χ1n) is 6.19. The zero-order valence-corrected chi connectivity index (χ0v) is 11.7. The van der Waals surface area contributed by atoms with Gasteiger partial charge in [-0.05, 0) is 12.1 Å². The van der Waals surface area contributed by atoms with Gasteiger partial charge in [0.15, 0.2) is 0 Å². The Bertz CT molecular complexity index is 536. The Morgan fingerprint density at radius 1 is 0.941 bits per heavy atom. The molecule has 0 saturated heterocycles. The van der Waals surface area contributed by atoms with Crippen LogP contribution in [0.3, 0.4) is 0 Å². The van der Waals surface area contributed by atoms with Crippen LogP contribution in [0.15, 0.2) is 24.4 Å². The van der Waals surface area contributed by atoms with Crippen molar-refractivity contribution in [3.8, 4) is 0 Å². The Kier molecular flexibility index (Phi) is 2.57. The van der Waals surface area contributed by atoms with Crippen molar-refractivity contribution < 1.29 is 0 Å². The highest BCUT2D eigenvalue weighted by Gasteiger charge is 2.21. The number of aromatic nitrogens is 2. The molecular weight excluding hydrogens is 208 g/mol. The minimum absolute atomic E-state index is 0.0984. The van der Waals surface area contributed by atoms with Gasteiger partial charge in [-0.3, -0.25) is 0 Å². The Morgan fingerprint density at radius 2 is 1.59 bits per heavy atom. The zero-order chi connectivity index (χ0) is 12.8. The van der Waals surface area contributed by atoms with Crippen LogP contribution in [0.4, 0.5) is 0 Å². The number of hydrogen-bond donors (Lipinski definition) is 0. The molecule has 0 aliphatic rings. The van der Waals surface area contributed by atoms with Crippen molar-refractivity contribution in [3.05, 3.63) is 35.8 Å². The van der Waals surface area contributed by atoms with Crippen LogP contribution in [0.25, 0.3) is 5.65 Å². The molecule has 0 aromatic carbocycles. The quantitative estimate of drug-likeness (QED) is 0.670. The fourth-order valence-corrected chi connectivity index (χ4v) is 1.98. The van der Waals surface area contributed by atoms with Gasteiger partial charge in [0, 0.05) is 22.7 Å². The molecular formula is C15H22N2. The number of fused-ring (bicyclic) bond motifs is 1. The summed E-state index contributed by atoms with van der Waals surface area (Å²) in [5, 5.41) is 0. The van der Waals surface area contributed by atoms with Crippen LogP contribution >= 0.6 is 0 Å². The summed E-state index contributed by atoms with van der Waals surface area (Å²) < 4.78 is 2.22. The minimum atomic E-state index is 0.0984. The molecule has 17 heavy (non-hydrogen) atoms. The van der Waals surface area contributed by atoms with Crippen LogP contribution in [0.5, 0.6) is 0 Å². The number of imidazole rings is 1. The van der Waals surface area contributed by atoms with Crippen LogP contribution in [0, 0.1) is 0 Å². The van der Waals surface area contributed by atoms with E-state index < -0.39 is 0 Å². The van der Waals surface area contributed by atoms with E-state index in [1.165, 1.54) is 5.69 Å². The van der Waals surface area contributed by atoms with Crippen molar-refractivity contribution in [1.82, 2.24) is 9.38 Å². The zero-order valence-electron chi connectivity index (χ0n) is 11.7. The molecule has 0 atom stereocenters. The third-order valence-corrected chi connectivity index (χ3v) is 3.03. The summed E-state index contributed by atoms with van der Waals surface area (Å²) >= 11 is 0. The first kappa shape index (κ1) is 12.2. The van der Waals surface area contributed by atoms with Gasteiger partial charge in [-0.2, -0.15) is 0 Å². The van der Waals surface area contributed by atoms with Crippen LogP contribution in [0.1, 0.15) is 52.9 Å². The highest BCUT2D eigenvalue weighted by Crippen LogP contribution is 2.26. The van der Waals surface area contributed by atoms with E-state index in [2.05, 4.69) is 70.3 Å². The van der Waals surface area contributed by atoms with E-state index in [9.17, 15) is 0 Å². The van der Waals surface area contributed by atoms with E-state index in [0.29, 0.717) is 0 Å². The normalized spacial score (nSPS) is 13.3. The van der Waals surface area contributed by atoms with Gasteiger partial charge in [-0.15, -0.1) is 0 Å². The molecule has 0 saturated carbocycles. The molecule has 0 fully saturated rings. The molecule has 2 rings (SSSR count). The second kappa shape index (κ2) is 3.59. The minimum Gasteiger partial charge on any atom is -0.303 e. The Morgan fingerprint density at radius 3 is 2.12 bits per heavy atom. The Balaban J connectivity index is 2.70. The lowest BCUT2D eigenvalue weighted by molar-refractivity contribution is 0.556. The molecule has 0 aliphatic carbocycles. The number of hydrogen-bond acceptors (Lipinski definition) is 1. The first-order chi connectivity index (χ1) is 7.69. The lowest BCUT2D eigenvalue weighted by Gasteiger charge is -2.20. The van der Waals surface area contributed by atoms with Crippen LogP contribution < -0.4 is 0 Å². The standard InChI is InChI=1S/C15H22N2/c1-14(2,3)11-10-17-12(15(4,5)6)8-7-9-13(17)16-11/h7-10H,1-6H3. The SMILES string of the molecule is CC(C)(C)c1cn2c(C(C)(C)C)cccc2n1. The highest BCUT2D eigenvalue weighted by molar-refractivity contribution is 5.44. The van der Waals surface area contributed by atoms with Gasteiger partial charge in [-0.1, -0.05) is 47.6 Å². The van der Waals surface area contributed by atoms with E-state index in [0.717, 1.165) is 11.3 Å². The smallest absolute Gasteiger partial charge is 0.137 e. The third-order valence-electron chi connectivity index (χ3n) is 3.03. The maximum Gasteiger partial charge on any atom is 0.137 e. The van der Waals surface area contributed by atoms with Crippen molar-refractivity contribution in [2.24, 2.45) is 0 Å². The average Bonchev–Trinajstić information content (AvgIpc) is 2.57. The monoisotopic (exact) mass is 230 g/mol. The number of nitrogens with zero attached hydrogens (tertiary/aromatic N) is 2. The van der Waals surface area contributed by atoms with Gasteiger partial charge in [0.2, 0.25) is 0 Å². The summed E-state index contributed by atoms with van der Waals surface area (Å²) in [6, 6.07) is 6.35. The molecule has 0 unspecified atom stereocenters. The molecule has 0 aliphatic heterocycles. The van der Waals surface area contributed by atoms with Crippen LogP contribution in [-0.4, -0.2) is 9.38 Å². The third kappa shape index (κ3) is 2.21. The molecule has 0 amide bonds. The largest absolute Gasteiger partial charge is 0.303 e.